The van der Waals surface area contributed by atoms with Gasteiger partial charge in [-0.2, -0.15) is 0 Å². The van der Waals surface area contributed by atoms with Crippen LogP contribution in [0, 0.1) is 0 Å². The maximum Gasteiger partial charge on any atom is 0.323 e. The molecule has 0 saturated heterocycles. The summed E-state index contributed by atoms with van der Waals surface area (Å²) < 4.78 is 6.22. The predicted molar refractivity (Wildman–Crippen MR) is 180 cm³/mol. The van der Waals surface area contributed by atoms with Gasteiger partial charge in [0.15, 0.2) is 0 Å². The Bertz CT molecular complexity index is 865. The molecule has 5 heteroatoms. The number of benzene rings is 1. The lowest BCUT2D eigenvalue weighted by Gasteiger charge is -2.30. The first-order valence-corrected chi connectivity index (χ1v) is 17.4. The van der Waals surface area contributed by atoms with Crippen LogP contribution in [0.25, 0.3) is 0 Å². The molecule has 0 radical (unpaired) electrons. The smallest absolute Gasteiger partial charge is 0.323 e. The topological polar surface area (TPSA) is 58.6 Å². The predicted octanol–water partition coefficient (Wildman–Crippen LogP) is 10.5. The average molecular weight is 587 g/mol. The van der Waals surface area contributed by atoms with Crippen LogP contribution in [0.1, 0.15) is 169 Å². The Kier molecular flexibility index (Phi) is 19.6. The van der Waals surface area contributed by atoms with Gasteiger partial charge in [-0.05, 0) is 48.1 Å². The molecule has 0 spiro atoms. The van der Waals surface area contributed by atoms with Crippen LogP contribution in [0.3, 0.4) is 0 Å². The molecular weight excluding hydrogens is 520 g/mol. The normalized spacial score (nSPS) is 11.9. The minimum atomic E-state index is -0.307. The third-order valence-corrected chi connectivity index (χ3v) is 9.25. The Hall–Kier alpha value is -2.04. The molecule has 42 heavy (non-hydrogen) atoms. The monoisotopic (exact) mass is 587 g/mol. The highest BCUT2D eigenvalue weighted by Crippen LogP contribution is 2.38. The molecule has 1 aromatic rings. The highest BCUT2D eigenvalue weighted by atomic mass is 16.5. The molecule has 1 aromatic carbocycles. The Labute approximate surface area is 259 Å². The van der Waals surface area contributed by atoms with Crippen molar-refractivity contribution in [3.8, 4) is 5.75 Å². The number of carbonyl (C=O) groups excluding carboxylic acids is 2. The van der Waals surface area contributed by atoms with Gasteiger partial charge in [-0.3, -0.25) is 9.69 Å². The van der Waals surface area contributed by atoms with E-state index < -0.39 is 0 Å². The number of rotatable bonds is 25. The van der Waals surface area contributed by atoms with Gasteiger partial charge in [0, 0.05) is 18.7 Å². The standard InChI is InChI=1S/C37H66N2O3/c1-8-11-12-13-14-15-16-17-18-19-20-21-22-23-27-38-35(41)39(31-40)28-24-29-42-34-26-25-32(36(4,5)9-2)30-33(34)37(6,7)10-3/h25-26,30-31H,8-24,27-29H2,1-7H3,(H,38,41). The first-order valence-electron chi connectivity index (χ1n) is 17.4. The van der Waals surface area contributed by atoms with E-state index in [1.807, 2.05) is 0 Å². The first-order chi connectivity index (χ1) is 20.1. The van der Waals surface area contributed by atoms with E-state index in [0.29, 0.717) is 32.5 Å². The van der Waals surface area contributed by atoms with Crippen molar-refractivity contribution < 1.29 is 14.3 Å². The van der Waals surface area contributed by atoms with E-state index in [4.69, 9.17) is 4.74 Å². The van der Waals surface area contributed by atoms with Gasteiger partial charge in [0.1, 0.15) is 5.75 Å². The van der Waals surface area contributed by atoms with E-state index in [0.717, 1.165) is 31.4 Å². The number of urea groups is 1. The molecule has 0 saturated carbocycles. The Morgan fingerprint density at radius 1 is 0.762 bits per heavy atom. The minimum absolute atomic E-state index is 0.00286. The Morgan fingerprint density at radius 3 is 1.79 bits per heavy atom. The molecule has 0 unspecified atom stereocenters. The Balaban J connectivity index is 2.28. The summed E-state index contributed by atoms with van der Waals surface area (Å²) in [7, 11) is 0. The van der Waals surface area contributed by atoms with E-state index in [9.17, 15) is 9.59 Å². The summed E-state index contributed by atoms with van der Waals surface area (Å²) >= 11 is 0. The van der Waals surface area contributed by atoms with Gasteiger partial charge in [0.25, 0.3) is 0 Å². The second kappa shape index (κ2) is 21.6. The molecule has 0 aromatic heterocycles. The van der Waals surface area contributed by atoms with E-state index in [-0.39, 0.29) is 16.9 Å². The summed E-state index contributed by atoms with van der Waals surface area (Å²) in [4.78, 5) is 25.3. The van der Waals surface area contributed by atoms with Crippen molar-refractivity contribution in [2.75, 3.05) is 19.7 Å². The van der Waals surface area contributed by atoms with Gasteiger partial charge in [0.2, 0.25) is 6.41 Å². The molecule has 0 bridgehead atoms. The first kappa shape index (κ1) is 38.0. The van der Waals surface area contributed by atoms with E-state index >= 15 is 0 Å². The number of imide groups is 1. The highest BCUT2D eigenvalue weighted by Gasteiger charge is 2.26. The van der Waals surface area contributed by atoms with Crippen LogP contribution in [0.2, 0.25) is 0 Å². The van der Waals surface area contributed by atoms with Crippen LogP contribution in [0.4, 0.5) is 4.79 Å². The van der Waals surface area contributed by atoms with Crippen LogP contribution >= 0.6 is 0 Å². The van der Waals surface area contributed by atoms with E-state index in [1.54, 1.807) is 0 Å². The molecular formula is C37H66N2O3. The molecule has 242 valence electrons. The van der Waals surface area contributed by atoms with Gasteiger partial charge in [-0.1, -0.05) is 144 Å². The fourth-order valence-corrected chi connectivity index (χ4v) is 5.24. The molecule has 0 aliphatic rings. The van der Waals surface area contributed by atoms with Gasteiger partial charge in [-0.25, -0.2) is 4.79 Å². The summed E-state index contributed by atoms with van der Waals surface area (Å²) in [6.07, 6.45) is 21.7. The zero-order valence-electron chi connectivity index (χ0n) is 28.6. The van der Waals surface area contributed by atoms with Gasteiger partial charge >= 0.3 is 6.03 Å². The number of nitrogens with one attached hydrogen (secondary N) is 1. The second-order valence-electron chi connectivity index (χ2n) is 13.5. The van der Waals surface area contributed by atoms with Crippen molar-refractivity contribution in [1.29, 1.82) is 0 Å². The van der Waals surface area contributed by atoms with Crippen LogP contribution in [-0.2, 0) is 15.6 Å². The molecule has 1 N–H and O–H groups in total. The quantitative estimate of drug-likeness (QED) is 0.0916. The summed E-state index contributed by atoms with van der Waals surface area (Å²) in [5, 5.41) is 2.91. The van der Waals surface area contributed by atoms with Crippen molar-refractivity contribution in [3.63, 3.8) is 0 Å². The number of hydrogen-bond acceptors (Lipinski definition) is 3. The minimum Gasteiger partial charge on any atom is -0.493 e. The maximum atomic E-state index is 12.5. The number of ether oxygens (including phenoxy) is 1. The number of carbonyl (C=O) groups is 2. The van der Waals surface area contributed by atoms with Crippen LogP contribution in [0.15, 0.2) is 18.2 Å². The van der Waals surface area contributed by atoms with Crippen LogP contribution in [0.5, 0.6) is 5.75 Å². The van der Waals surface area contributed by atoms with E-state index in [1.165, 1.54) is 93.1 Å². The zero-order chi connectivity index (χ0) is 31.3. The van der Waals surface area contributed by atoms with Gasteiger partial charge in [-0.15, -0.1) is 0 Å². The van der Waals surface area contributed by atoms with E-state index in [2.05, 4.69) is 72.0 Å². The fourth-order valence-electron chi connectivity index (χ4n) is 5.24. The highest BCUT2D eigenvalue weighted by molar-refractivity contribution is 5.84. The molecule has 3 amide bonds. The van der Waals surface area contributed by atoms with Crippen molar-refractivity contribution in [2.24, 2.45) is 0 Å². The molecule has 0 atom stereocenters. The second-order valence-corrected chi connectivity index (χ2v) is 13.5. The van der Waals surface area contributed by atoms with Crippen molar-refractivity contribution in [2.45, 2.75) is 168 Å². The third-order valence-electron chi connectivity index (χ3n) is 9.25. The lowest BCUT2D eigenvalue weighted by atomic mass is 9.76. The summed E-state index contributed by atoms with van der Waals surface area (Å²) in [5.74, 6) is 0.900. The maximum absolute atomic E-state index is 12.5. The summed E-state index contributed by atoms with van der Waals surface area (Å²) in [6, 6.07) is 6.28. The average Bonchev–Trinajstić information content (AvgIpc) is 2.98. The zero-order valence-corrected chi connectivity index (χ0v) is 28.6. The summed E-state index contributed by atoms with van der Waals surface area (Å²) in [5.41, 5.74) is 2.66. The third kappa shape index (κ3) is 14.9. The molecule has 5 nitrogen and oxygen atoms in total. The number of amides is 3. The molecule has 0 heterocycles. The molecule has 0 aliphatic carbocycles. The fraction of sp³-hybridized carbons (Fsp3) is 0.784. The largest absolute Gasteiger partial charge is 0.493 e. The SMILES string of the molecule is CCCCCCCCCCCCCCCCNC(=O)N(C=O)CCCOc1ccc(C(C)(C)CC)cc1C(C)(C)CC. The molecule has 0 fully saturated rings. The lowest BCUT2D eigenvalue weighted by molar-refractivity contribution is -0.115. The van der Waals surface area contributed by atoms with Crippen molar-refractivity contribution >= 4 is 12.4 Å². The number of nitrogens with zero attached hydrogens (tertiary/aromatic N) is 1. The Morgan fingerprint density at radius 2 is 1.29 bits per heavy atom. The van der Waals surface area contributed by atoms with Crippen LogP contribution in [-0.4, -0.2) is 37.0 Å². The van der Waals surface area contributed by atoms with Gasteiger partial charge < -0.3 is 10.1 Å². The van der Waals surface area contributed by atoms with Gasteiger partial charge in [0.05, 0.1) is 6.61 Å². The number of hydrogen-bond donors (Lipinski definition) is 1. The number of unbranched alkanes of at least 4 members (excludes halogenated alkanes) is 13. The molecule has 0 aliphatic heterocycles. The van der Waals surface area contributed by atoms with Crippen molar-refractivity contribution in [1.82, 2.24) is 10.2 Å². The molecule has 1 rings (SSSR count). The lowest BCUT2D eigenvalue weighted by Crippen LogP contribution is -2.40. The van der Waals surface area contributed by atoms with Crippen LogP contribution < -0.4 is 10.1 Å². The summed E-state index contributed by atoms with van der Waals surface area (Å²) in [6.45, 7) is 17.2. The van der Waals surface area contributed by atoms with Crippen molar-refractivity contribution in [3.05, 3.63) is 29.3 Å².